The average Bonchev–Trinajstić information content (AvgIpc) is 3.45. The molecule has 0 unspecified atom stereocenters. The number of sulfonamides is 1. The van der Waals surface area contributed by atoms with E-state index < -0.39 is 16.1 Å². The maximum Gasteiger partial charge on any atom is 0.246 e. The van der Waals surface area contributed by atoms with Crippen LogP contribution in [0.1, 0.15) is 18.4 Å². The summed E-state index contributed by atoms with van der Waals surface area (Å²) in [5.74, 6) is -0.365. The molecule has 4 aromatic rings. The number of aromatic nitrogens is 3. The number of nitrogens with zero attached hydrogens (tertiary/aromatic N) is 4. The van der Waals surface area contributed by atoms with Crippen LogP contribution in [0.15, 0.2) is 41.3 Å². The molecule has 2 aromatic carbocycles. The van der Waals surface area contributed by atoms with Gasteiger partial charge in [0.15, 0.2) is 5.13 Å². The lowest BCUT2D eigenvalue weighted by molar-refractivity contribution is -0.119. The van der Waals surface area contributed by atoms with Crippen LogP contribution in [0.5, 0.6) is 0 Å². The van der Waals surface area contributed by atoms with Gasteiger partial charge in [0.05, 0.1) is 21.9 Å². The number of carbonyl (C=O) groups excluding carboxylic acids is 1. The Kier molecular flexibility index (Phi) is 4.77. The van der Waals surface area contributed by atoms with Crippen LogP contribution in [0.4, 0.5) is 5.13 Å². The van der Waals surface area contributed by atoms with E-state index in [1.807, 2.05) is 25.1 Å². The second kappa shape index (κ2) is 7.34. The van der Waals surface area contributed by atoms with Gasteiger partial charge in [0.2, 0.25) is 15.9 Å². The summed E-state index contributed by atoms with van der Waals surface area (Å²) in [6.45, 7) is 2.28. The molecule has 0 aliphatic carbocycles. The molecule has 5 rings (SSSR count). The molecule has 30 heavy (non-hydrogen) atoms. The second-order valence-corrected chi connectivity index (χ2v) is 10.6. The molecule has 11 heteroatoms. The van der Waals surface area contributed by atoms with Crippen molar-refractivity contribution >= 4 is 65.4 Å². The molecule has 2 aromatic heterocycles. The van der Waals surface area contributed by atoms with Crippen LogP contribution in [0.3, 0.4) is 0 Å². The summed E-state index contributed by atoms with van der Waals surface area (Å²) in [6.07, 6.45) is 1.07. The number of thiazole rings is 1. The van der Waals surface area contributed by atoms with Gasteiger partial charge >= 0.3 is 0 Å². The summed E-state index contributed by atoms with van der Waals surface area (Å²) in [5, 5.41) is 3.28. The average molecular weight is 460 g/mol. The third-order valence-corrected chi connectivity index (χ3v) is 8.53. The summed E-state index contributed by atoms with van der Waals surface area (Å²) in [5.41, 5.74) is 2.79. The third-order valence-electron chi connectivity index (χ3n) is 5.12. The van der Waals surface area contributed by atoms with Gasteiger partial charge in [0, 0.05) is 6.54 Å². The van der Waals surface area contributed by atoms with Crippen LogP contribution in [-0.4, -0.2) is 44.9 Å². The Labute approximate surface area is 180 Å². The Bertz CT molecular complexity index is 1380. The minimum Gasteiger partial charge on any atom is -0.301 e. The van der Waals surface area contributed by atoms with E-state index in [9.17, 15) is 13.2 Å². The number of hydrogen-bond acceptors (Lipinski definition) is 8. The van der Waals surface area contributed by atoms with E-state index in [4.69, 9.17) is 0 Å². The fourth-order valence-electron chi connectivity index (χ4n) is 3.68. The molecule has 0 spiro atoms. The lowest BCUT2D eigenvalue weighted by atomic mass is 10.2. The zero-order valence-electron chi connectivity index (χ0n) is 15.9. The van der Waals surface area contributed by atoms with Crippen LogP contribution in [0.2, 0.25) is 0 Å². The summed E-state index contributed by atoms with van der Waals surface area (Å²) in [6, 6.07) is 9.98. The first-order valence-electron chi connectivity index (χ1n) is 9.35. The lowest BCUT2D eigenvalue weighted by Gasteiger charge is -2.23. The molecule has 3 heterocycles. The molecule has 8 nitrogen and oxygen atoms in total. The number of nitrogens with one attached hydrogen (secondary N) is 1. The predicted octanol–water partition coefficient (Wildman–Crippen LogP) is 3.40. The fraction of sp³-hybridized carbons (Fsp3) is 0.263. The normalized spacial score (nSPS) is 17.7. The number of amides is 1. The Balaban J connectivity index is 1.43. The molecule has 1 aliphatic rings. The molecule has 1 aliphatic heterocycles. The molecule has 0 radical (unpaired) electrons. The van der Waals surface area contributed by atoms with Crippen molar-refractivity contribution in [3.05, 3.63) is 42.0 Å². The number of fused-ring (bicyclic) bond motifs is 2. The van der Waals surface area contributed by atoms with Crippen LogP contribution in [0, 0.1) is 6.92 Å². The van der Waals surface area contributed by atoms with E-state index in [2.05, 4.69) is 19.0 Å². The van der Waals surface area contributed by atoms with Crippen molar-refractivity contribution in [2.24, 2.45) is 0 Å². The highest BCUT2D eigenvalue weighted by Crippen LogP contribution is 2.32. The molecule has 1 N–H and O–H groups in total. The van der Waals surface area contributed by atoms with Gasteiger partial charge < -0.3 is 5.32 Å². The smallest absolute Gasteiger partial charge is 0.246 e. The minimum atomic E-state index is -3.89. The molecule has 1 saturated heterocycles. The Morgan fingerprint density at radius 3 is 2.93 bits per heavy atom. The molecular formula is C19H17N5O3S3. The van der Waals surface area contributed by atoms with Gasteiger partial charge in [-0.15, -0.1) is 0 Å². The first-order chi connectivity index (χ1) is 14.4. The number of hydrogen-bond donors (Lipinski definition) is 1. The molecule has 0 bridgehead atoms. The zero-order chi connectivity index (χ0) is 20.9. The number of aryl methyl sites for hydroxylation is 1. The number of rotatable bonds is 4. The van der Waals surface area contributed by atoms with Crippen LogP contribution >= 0.6 is 23.1 Å². The van der Waals surface area contributed by atoms with E-state index >= 15 is 0 Å². The lowest BCUT2D eigenvalue weighted by Crippen LogP contribution is -2.43. The summed E-state index contributed by atoms with van der Waals surface area (Å²) in [7, 11) is -3.89. The molecular weight excluding hydrogens is 442 g/mol. The molecule has 0 saturated carbocycles. The summed E-state index contributed by atoms with van der Waals surface area (Å²) < 4.78 is 37.2. The maximum atomic E-state index is 13.4. The van der Waals surface area contributed by atoms with Gasteiger partial charge in [-0.3, -0.25) is 4.79 Å². The largest absolute Gasteiger partial charge is 0.301 e. The van der Waals surface area contributed by atoms with Crippen molar-refractivity contribution in [2.45, 2.75) is 30.7 Å². The Hall–Kier alpha value is -2.47. The number of carbonyl (C=O) groups is 1. The molecule has 1 amide bonds. The van der Waals surface area contributed by atoms with E-state index in [1.54, 1.807) is 12.1 Å². The van der Waals surface area contributed by atoms with Gasteiger partial charge in [-0.25, -0.2) is 13.4 Å². The molecule has 154 valence electrons. The topological polar surface area (TPSA) is 105 Å². The quantitative estimate of drug-likeness (QED) is 0.501. The van der Waals surface area contributed by atoms with E-state index in [1.165, 1.54) is 21.7 Å². The SMILES string of the molecule is Cc1ccc2nc(NC(=O)[C@@H]3CCCN3S(=O)(=O)c3cccc4nsnc34)sc2c1. The van der Waals surface area contributed by atoms with Gasteiger partial charge in [0.25, 0.3) is 0 Å². The van der Waals surface area contributed by atoms with E-state index in [0.29, 0.717) is 29.0 Å². The van der Waals surface area contributed by atoms with E-state index in [-0.39, 0.29) is 17.3 Å². The Morgan fingerprint density at radius 2 is 2.07 bits per heavy atom. The first-order valence-corrected chi connectivity index (χ1v) is 12.3. The Morgan fingerprint density at radius 1 is 1.20 bits per heavy atom. The summed E-state index contributed by atoms with van der Waals surface area (Å²) in [4.78, 5) is 17.5. The monoisotopic (exact) mass is 459 g/mol. The van der Waals surface area contributed by atoms with Crippen molar-refractivity contribution in [2.75, 3.05) is 11.9 Å². The van der Waals surface area contributed by atoms with Crippen molar-refractivity contribution in [3.8, 4) is 0 Å². The van der Waals surface area contributed by atoms with Gasteiger partial charge in [0.1, 0.15) is 22.0 Å². The molecule has 1 fully saturated rings. The second-order valence-electron chi connectivity index (χ2n) is 7.14. The number of anilines is 1. The highest BCUT2D eigenvalue weighted by Gasteiger charge is 2.40. The molecule has 1 atom stereocenters. The van der Waals surface area contributed by atoms with Crippen LogP contribution in [0.25, 0.3) is 21.3 Å². The van der Waals surface area contributed by atoms with Gasteiger partial charge in [-0.1, -0.05) is 23.5 Å². The van der Waals surface area contributed by atoms with Gasteiger partial charge in [-0.05, 0) is 49.6 Å². The van der Waals surface area contributed by atoms with Gasteiger partial charge in [-0.2, -0.15) is 13.1 Å². The van der Waals surface area contributed by atoms with Crippen molar-refractivity contribution < 1.29 is 13.2 Å². The van der Waals surface area contributed by atoms with Crippen molar-refractivity contribution in [1.82, 2.24) is 18.0 Å². The predicted molar refractivity (Wildman–Crippen MR) is 117 cm³/mol. The third kappa shape index (κ3) is 3.27. The minimum absolute atomic E-state index is 0.0870. The maximum absolute atomic E-state index is 13.4. The summed E-state index contributed by atoms with van der Waals surface area (Å²) >= 11 is 2.35. The zero-order valence-corrected chi connectivity index (χ0v) is 18.4. The highest BCUT2D eigenvalue weighted by atomic mass is 32.2. The van der Waals surface area contributed by atoms with Crippen molar-refractivity contribution in [3.63, 3.8) is 0 Å². The fourth-order valence-corrected chi connectivity index (χ4v) is 7.06. The standard InChI is InChI=1S/C19H17N5O3S3/c1-11-7-8-12-15(10-11)28-19(20-12)21-18(25)14-5-3-9-24(14)30(26,27)16-6-2-4-13-17(16)23-29-22-13/h2,4,6-8,10,14H,3,5,9H2,1H3,(H,20,21,25)/t14-/m0/s1. The number of benzene rings is 2. The van der Waals surface area contributed by atoms with Crippen LogP contribution in [-0.2, 0) is 14.8 Å². The first kappa shape index (κ1) is 19.5. The van der Waals surface area contributed by atoms with Crippen molar-refractivity contribution in [1.29, 1.82) is 0 Å². The van der Waals surface area contributed by atoms with Crippen LogP contribution < -0.4 is 5.32 Å². The van der Waals surface area contributed by atoms with E-state index in [0.717, 1.165) is 27.5 Å². The highest BCUT2D eigenvalue weighted by molar-refractivity contribution is 7.89.